The Labute approximate surface area is 191 Å². The summed E-state index contributed by atoms with van der Waals surface area (Å²) >= 11 is 0. The molecule has 2 aromatic carbocycles. The molecule has 3 rings (SSSR count). The summed E-state index contributed by atoms with van der Waals surface area (Å²) in [6.45, 7) is 2.96. The molecule has 1 heterocycles. The molecule has 1 saturated heterocycles. The van der Waals surface area contributed by atoms with Gasteiger partial charge in [-0.25, -0.2) is 0 Å². The summed E-state index contributed by atoms with van der Waals surface area (Å²) in [5, 5.41) is 6.95. The van der Waals surface area contributed by atoms with Gasteiger partial charge in [0.2, 0.25) is 0 Å². The number of methoxy groups -OCH3 is 1. The maximum absolute atomic E-state index is 5.81. The van der Waals surface area contributed by atoms with Crippen molar-refractivity contribution in [1.29, 1.82) is 0 Å². The third-order valence-electron chi connectivity index (χ3n) is 5.52. The number of rotatable bonds is 7. The molecule has 0 amide bonds. The lowest BCUT2D eigenvalue weighted by Crippen LogP contribution is -2.51. The number of guanidine groups is 1. The van der Waals surface area contributed by atoms with Crippen molar-refractivity contribution in [2.24, 2.45) is 4.99 Å². The van der Waals surface area contributed by atoms with E-state index < -0.39 is 0 Å². The second kappa shape index (κ2) is 12.1. The van der Waals surface area contributed by atoms with Gasteiger partial charge in [0.15, 0.2) is 5.96 Å². The van der Waals surface area contributed by atoms with Crippen LogP contribution in [0.1, 0.15) is 29.9 Å². The molecule has 6 heteroatoms. The molecule has 0 aromatic heterocycles. The Morgan fingerprint density at radius 3 is 2.03 bits per heavy atom. The maximum Gasteiger partial charge on any atom is 0.191 e. The molecule has 2 aromatic rings. The quantitative estimate of drug-likeness (QED) is 0.339. The third-order valence-corrected chi connectivity index (χ3v) is 5.52. The van der Waals surface area contributed by atoms with E-state index in [2.05, 4.69) is 76.3 Å². The van der Waals surface area contributed by atoms with Gasteiger partial charge in [0, 0.05) is 59.2 Å². The van der Waals surface area contributed by atoms with Crippen LogP contribution in [0.5, 0.6) is 0 Å². The first-order valence-corrected chi connectivity index (χ1v) is 9.94. The molecule has 1 aliphatic heterocycles. The highest BCUT2D eigenvalue weighted by atomic mass is 127. The molecule has 1 aliphatic rings. The van der Waals surface area contributed by atoms with E-state index in [1.54, 1.807) is 14.2 Å². The van der Waals surface area contributed by atoms with Crippen molar-refractivity contribution in [3.05, 3.63) is 71.8 Å². The molecule has 29 heavy (non-hydrogen) atoms. The van der Waals surface area contributed by atoms with Crippen molar-refractivity contribution in [3.8, 4) is 0 Å². The number of ether oxygens (including phenoxy) is 2. The molecule has 0 aliphatic carbocycles. The van der Waals surface area contributed by atoms with Crippen molar-refractivity contribution in [3.63, 3.8) is 0 Å². The van der Waals surface area contributed by atoms with Crippen LogP contribution in [0.25, 0.3) is 0 Å². The monoisotopic (exact) mass is 509 g/mol. The van der Waals surface area contributed by atoms with E-state index in [1.165, 1.54) is 11.1 Å². The predicted molar refractivity (Wildman–Crippen MR) is 129 cm³/mol. The fourth-order valence-corrected chi connectivity index (χ4v) is 3.66. The van der Waals surface area contributed by atoms with Crippen molar-refractivity contribution < 1.29 is 9.47 Å². The van der Waals surface area contributed by atoms with Gasteiger partial charge in [-0.1, -0.05) is 60.7 Å². The van der Waals surface area contributed by atoms with Crippen LogP contribution in [0.2, 0.25) is 0 Å². The summed E-state index contributed by atoms with van der Waals surface area (Å²) < 4.78 is 11.3. The zero-order valence-electron chi connectivity index (χ0n) is 17.3. The molecule has 0 saturated carbocycles. The van der Waals surface area contributed by atoms with Crippen LogP contribution in [0, 0.1) is 0 Å². The number of nitrogens with zero attached hydrogens (tertiary/aromatic N) is 1. The molecule has 5 nitrogen and oxygen atoms in total. The summed E-state index contributed by atoms with van der Waals surface area (Å²) in [6.07, 6.45) is 1.79. The van der Waals surface area contributed by atoms with Crippen molar-refractivity contribution in [2.75, 3.05) is 40.5 Å². The average Bonchev–Trinajstić information content (AvgIpc) is 2.78. The number of aliphatic imine (C=N–C) groups is 1. The van der Waals surface area contributed by atoms with Crippen LogP contribution in [0.4, 0.5) is 0 Å². The normalized spacial score (nSPS) is 16.2. The zero-order valence-corrected chi connectivity index (χ0v) is 19.6. The second-order valence-corrected chi connectivity index (χ2v) is 7.18. The summed E-state index contributed by atoms with van der Waals surface area (Å²) in [5.74, 6) is 1.04. The number of halogens is 1. The standard InChI is InChI=1S/C23H31N3O2.HI/c1-24-22(26-18-23(27-2)13-15-28-16-14-23)25-17-21(19-9-5-3-6-10-19)20-11-7-4-8-12-20;/h3-12,21H,13-18H2,1-2H3,(H2,24,25,26);1H. The van der Waals surface area contributed by atoms with Crippen molar-refractivity contribution in [2.45, 2.75) is 24.4 Å². The number of nitrogens with one attached hydrogen (secondary N) is 2. The van der Waals surface area contributed by atoms with Gasteiger partial charge in [-0.15, -0.1) is 24.0 Å². The number of hydrogen-bond acceptors (Lipinski definition) is 3. The molecule has 0 radical (unpaired) electrons. The molecule has 0 spiro atoms. The van der Waals surface area contributed by atoms with Gasteiger partial charge in [-0.05, 0) is 11.1 Å². The molecule has 0 unspecified atom stereocenters. The lowest BCUT2D eigenvalue weighted by molar-refractivity contribution is -0.0855. The Kier molecular flexibility index (Phi) is 9.90. The van der Waals surface area contributed by atoms with Crippen LogP contribution in [0.15, 0.2) is 65.7 Å². The maximum atomic E-state index is 5.81. The lowest BCUT2D eigenvalue weighted by atomic mass is 9.91. The Morgan fingerprint density at radius 2 is 1.55 bits per heavy atom. The Hall–Kier alpha value is -1.64. The van der Waals surface area contributed by atoms with Crippen LogP contribution >= 0.6 is 24.0 Å². The van der Waals surface area contributed by atoms with Gasteiger partial charge in [0.1, 0.15) is 0 Å². The zero-order chi connectivity index (χ0) is 19.7. The molecular formula is C23H32IN3O2. The summed E-state index contributed by atoms with van der Waals surface area (Å²) in [7, 11) is 3.59. The first kappa shape index (κ1) is 23.6. The van der Waals surface area contributed by atoms with Gasteiger partial charge in [-0.3, -0.25) is 4.99 Å². The molecule has 1 fully saturated rings. The van der Waals surface area contributed by atoms with Gasteiger partial charge in [0.05, 0.1) is 5.60 Å². The average molecular weight is 509 g/mol. The topological polar surface area (TPSA) is 54.9 Å². The largest absolute Gasteiger partial charge is 0.381 e. The molecule has 158 valence electrons. The fraction of sp³-hybridized carbons (Fsp3) is 0.435. The minimum absolute atomic E-state index is 0. The van der Waals surface area contributed by atoms with E-state index in [0.29, 0.717) is 6.54 Å². The molecule has 2 N–H and O–H groups in total. The summed E-state index contributed by atoms with van der Waals surface area (Å²) in [5.41, 5.74) is 2.39. The molecular weight excluding hydrogens is 477 g/mol. The Morgan fingerprint density at radius 1 is 1.00 bits per heavy atom. The second-order valence-electron chi connectivity index (χ2n) is 7.18. The third kappa shape index (κ3) is 6.69. The smallest absolute Gasteiger partial charge is 0.191 e. The first-order chi connectivity index (χ1) is 13.8. The van der Waals surface area contributed by atoms with E-state index in [0.717, 1.165) is 38.6 Å². The molecule has 0 bridgehead atoms. The van der Waals surface area contributed by atoms with Gasteiger partial charge >= 0.3 is 0 Å². The predicted octanol–water partition coefficient (Wildman–Crippen LogP) is 3.80. The minimum atomic E-state index is -0.186. The van der Waals surface area contributed by atoms with Crippen LogP contribution < -0.4 is 10.6 Å². The highest BCUT2D eigenvalue weighted by Gasteiger charge is 2.32. The van der Waals surface area contributed by atoms with E-state index in [1.807, 2.05) is 0 Å². The van der Waals surface area contributed by atoms with Gasteiger partial charge < -0.3 is 20.1 Å². The highest BCUT2D eigenvalue weighted by Crippen LogP contribution is 2.24. The highest BCUT2D eigenvalue weighted by molar-refractivity contribution is 14.0. The van der Waals surface area contributed by atoms with E-state index >= 15 is 0 Å². The van der Waals surface area contributed by atoms with Crippen molar-refractivity contribution >= 4 is 29.9 Å². The van der Waals surface area contributed by atoms with Crippen LogP contribution in [-0.4, -0.2) is 52.0 Å². The van der Waals surface area contributed by atoms with E-state index in [9.17, 15) is 0 Å². The van der Waals surface area contributed by atoms with Crippen LogP contribution in [-0.2, 0) is 9.47 Å². The number of benzene rings is 2. The Bertz CT molecular complexity index is 695. The minimum Gasteiger partial charge on any atom is -0.381 e. The number of hydrogen-bond donors (Lipinski definition) is 2. The fourth-order valence-electron chi connectivity index (χ4n) is 3.66. The van der Waals surface area contributed by atoms with E-state index in [-0.39, 0.29) is 35.5 Å². The van der Waals surface area contributed by atoms with E-state index in [4.69, 9.17) is 9.47 Å². The SMILES string of the molecule is CN=C(NCC(c1ccccc1)c1ccccc1)NCC1(OC)CCOCC1.I. The summed E-state index contributed by atoms with van der Waals surface area (Å²) in [6, 6.07) is 21.2. The Balaban J connectivity index is 0.00000300. The van der Waals surface area contributed by atoms with Gasteiger partial charge in [-0.2, -0.15) is 0 Å². The van der Waals surface area contributed by atoms with Crippen molar-refractivity contribution in [1.82, 2.24) is 10.6 Å². The van der Waals surface area contributed by atoms with Gasteiger partial charge in [0.25, 0.3) is 0 Å². The lowest BCUT2D eigenvalue weighted by Gasteiger charge is -2.36. The first-order valence-electron chi connectivity index (χ1n) is 9.94. The van der Waals surface area contributed by atoms with Crippen LogP contribution in [0.3, 0.4) is 0 Å². The molecule has 0 atom stereocenters. The summed E-state index contributed by atoms with van der Waals surface area (Å²) in [4.78, 5) is 4.40.